The van der Waals surface area contributed by atoms with Gasteiger partial charge in [0.05, 0.1) is 0 Å². The molecule has 0 fully saturated rings. The Kier molecular flexibility index (Phi) is 5.60. The van der Waals surface area contributed by atoms with Crippen LogP contribution >= 0.6 is 0 Å². The minimum absolute atomic E-state index is 0.984. The fraction of sp³-hybridized carbons (Fsp3) is 0.143. The molecular weight excluding hydrogens is 263 g/mol. The van der Waals surface area contributed by atoms with Crippen molar-refractivity contribution in [3.8, 4) is 0 Å². The van der Waals surface area contributed by atoms with Crippen molar-refractivity contribution in [2.24, 2.45) is 0 Å². The largest absolute Gasteiger partial charge is 0.192 e. The quantitative estimate of drug-likeness (QED) is 0.478. The molecule has 1 radical (unpaired) electrons. The molecule has 1 aromatic carbocycles. The first-order valence-electron chi connectivity index (χ1n) is 7.73. The highest BCUT2D eigenvalue weighted by atomic mass is 14.2. The molecule has 22 heavy (non-hydrogen) atoms. The van der Waals surface area contributed by atoms with E-state index in [0.717, 1.165) is 6.42 Å². The maximum atomic E-state index is 4.03. The van der Waals surface area contributed by atoms with Crippen LogP contribution in [-0.4, -0.2) is 7.28 Å². The zero-order chi connectivity index (χ0) is 15.9. The highest BCUT2D eigenvalue weighted by Gasteiger charge is 2.19. The first kappa shape index (κ1) is 16.1. The fourth-order valence-corrected chi connectivity index (χ4v) is 2.88. The Morgan fingerprint density at radius 3 is 2.36 bits per heavy atom. The van der Waals surface area contributed by atoms with Gasteiger partial charge in [-0.1, -0.05) is 91.7 Å². The minimum Gasteiger partial charge on any atom is -0.0991 e. The number of benzene rings is 1. The monoisotopic (exact) mass is 285 g/mol. The summed E-state index contributed by atoms with van der Waals surface area (Å²) in [5, 5.41) is 0. The zero-order valence-electron chi connectivity index (χ0n) is 13.5. The van der Waals surface area contributed by atoms with E-state index in [1.165, 1.54) is 33.2 Å². The van der Waals surface area contributed by atoms with E-state index in [2.05, 4.69) is 69.9 Å². The van der Waals surface area contributed by atoms with Gasteiger partial charge in [0.25, 0.3) is 0 Å². The Bertz CT molecular complexity index is 696. The lowest BCUT2D eigenvalue weighted by atomic mass is 9.60. The van der Waals surface area contributed by atoms with Crippen LogP contribution in [0.25, 0.3) is 11.1 Å². The van der Waals surface area contributed by atoms with Crippen molar-refractivity contribution >= 4 is 18.4 Å². The predicted octanol–water partition coefficient (Wildman–Crippen LogP) is 5.74. The standard InChI is InChI=1S/C21H22B/c1-5-9-15-21-17(8-4)19-14-11-10-13-18(19)16(7-3)20(22-21)12-6-2/h5-7,9-15H,1,3,8H2,2,4H3/b12-6-,15-9-. The fourth-order valence-electron chi connectivity index (χ4n) is 2.88. The van der Waals surface area contributed by atoms with E-state index in [9.17, 15) is 0 Å². The van der Waals surface area contributed by atoms with Gasteiger partial charge in [0.1, 0.15) is 0 Å². The van der Waals surface area contributed by atoms with Gasteiger partial charge >= 0.3 is 0 Å². The van der Waals surface area contributed by atoms with E-state index < -0.39 is 0 Å². The van der Waals surface area contributed by atoms with E-state index in [-0.39, 0.29) is 0 Å². The van der Waals surface area contributed by atoms with Crippen LogP contribution in [0, 0.1) is 0 Å². The van der Waals surface area contributed by atoms with Crippen molar-refractivity contribution in [2.45, 2.75) is 20.3 Å². The summed E-state index contributed by atoms with van der Waals surface area (Å²) in [7, 11) is 2.25. The molecule has 0 saturated heterocycles. The molecule has 0 nitrogen and oxygen atoms in total. The Morgan fingerprint density at radius 1 is 1.05 bits per heavy atom. The van der Waals surface area contributed by atoms with E-state index >= 15 is 0 Å². The topological polar surface area (TPSA) is 0 Å². The predicted molar refractivity (Wildman–Crippen MR) is 101 cm³/mol. The highest BCUT2D eigenvalue weighted by Crippen LogP contribution is 2.36. The van der Waals surface area contributed by atoms with Crippen LogP contribution in [0.2, 0.25) is 0 Å². The summed E-state index contributed by atoms with van der Waals surface area (Å²) in [6, 6.07) is 8.57. The molecule has 0 saturated carbocycles. The Balaban J connectivity index is 2.79. The van der Waals surface area contributed by atoms with Crippen LogP contribution in [0.3, 0.4) is 0 Å². The van der Waals surface area contributed by atoms with Crippen molar-refractivity contribution < 1.29 is 0 Å². The van der Waals surface area contributed by atoms with Gasteiger partial charge in [-0.15, -0.1) is 0 Å². The van der Waals surface area contributed by atoms with E-state index in [1.54, 1.807) is 0 Å². The summed E-state index contributed by atoms with van der Waals surface area (Å²) >= 11 is 0. The molecule has 2 rings (SSSR count). The Morgan fingerprint density at radius 2 is 1.77 bits per heavy atom. The van der Waals surface area contributed by atoms with Crippen LogP contribution in [-0.2, 0) is 0 Å². The highest BCUT2D eigenvalue weighted by molar-refractivity contribution is 6.59. The molecule has 0 aromatic heterocycles. The molecule has 0 amide bonds. The van der Waals surface area contributed by atoms with Crippen molar-refractivity contribution in [3.05, 3.63) is 96.0 Å². The van der Waals surface area contributed by atoms with Crippen LogP contribution in [0.4, 0.5) is 0 Å². The van der Waals surface area contributed by atoms with Gasteiger partial charge in [-0.25, -0.2) is 0 Å². The number of hydrogen-bond acceptors (Lipinski definition) is 0. The number of fused-ring (bicyclic) bond motifs is 1. The molecule has 0 atom stereocenters. The Labute approximate surface area is 135 Å². The molecule has 1 aliphatic heterocycles. The average molecular weight is 285 g/mol. The third-order valence-electron chi connectivity index (χ3n) is 3.83. The van der Waals surface area contributed by atoms with Crippen LogP contribution < -0.4 is 0 Å². The molecule has 109 valence electrons. The van der Waals surface area contributed by atoms with E-state index in [4.69, 9.17) is 0 Å². The van der Waals surface area contributed by atoms with Crippen LogP contribution in [0.15, 0.2) is 84.8 Å². The second-order valence-corrected chi connectivity index (χ2v) is 5.15. The van der Waals surface area contributed by atoms with E-state index in [0.29, 0.717) is 0 Å². The second kappa shape index (κ2) is 7.65. The Hall–Kier alpha value is -2.28. The summed E-state index contributed by atoms with van der Waals surface area (Å²) in [4.78, 5) is 0. The minimum atomic E-state index is 0.984. The molecule has 0 aliphatic carbocycles. The lowest BCUT2D eigenvalue weighted by Crippen LogP contribution is -2.00. The van der Waals surface area contributed by atoms with Crippen molar-refractivity contribution in [3.63, 3.8) is 0 Å². The molecule has 1 heteroatoms. The van der Waals surface area contributed by atoms with Crippen molar-refractivity contribution in [2.75, 3.05) is 0 Å². The van der Waals surface area contributed by atoms with E-state index in [1.807, 2.05) is 25.2 Å². The maximum Gasteiger partial charge on any atom is 0.192 e. The molecule has 1 aromatic rings. The summed E-state index contributed by atoms with van der Waals surface area (Å²) < 4.78 is 0. The third-order valence-corrected chi connectivity index (χ3v) is 3.83. The lowest BCUT2D eigenvalue weighted by molar-refractivity contribution is 1.23. The number of rotatable bonds is 5. The maximum absolute atomic E-state index is 4.03. The van der Waals surface area contributed by atoms with Crippen molar-refractivity contribution in [1.29, 1.82) is 0 Å². The molecule has 1 aliphatic rings. The van der Waals surface area contributed by atoms with Gasteiger partial charge in [0.2, 0.25) is 0 Å². The first-order chi connectivity index (χ1) is 10.8. The molecule has 0 spiro atoms. The van der Waals surface area contributed by atoms with Gasteiger partial charge in [0, 0.05) is 0 Å². The molecule has 0 N–H and O–H groups in total. The molecule has 1 heterocycles. The average Bonchev–Trinajstić information content (AvgIpc) is 2.67. The van der Waals surface area contributed by atoms with Gasteiger partial charge in [-0.3, -0.25) is 0 Å². The molecular formula is C21H22B. The van der Waals surface area contributed by atoms with Crippen LogP contribution in [0.5, 0.6) is 0 Å². The lowest BCUT2D eigenvalue weighted by Gasteiger charge is -2.13. The third kappa shape index (κ3) is 3.14. The SMILES string of the molecule is C=C/C=C\C1=C(CC)c2ccccc2C(C=C)=C(/C=C\C)[B]1. The van der Waals surface area contributed by atoms with Gasteiger partial charge in [-0.05, 0) is 35.6 Å². The number of hydrogen-bond donors (Lipinski definition) is 0. The number of allylic oxidation sites excluding steroid dienone is 10. The van der Waals surface area contributed by atoms with Gasteiger partial charge < -0.3 is 0 Å². The van der Waals surface area contributed by atoms with Gasteiger partial charge in [-0.2, -0.15) is 0 Å². The molecule has 0 unspecified atom stereocenters. The zero-order valence-corrected chi connectivity index (χ0v) is 13.5. The first-order valence-corrected chi connectivity index (χ1v) is 7.73. The summed E-state index contributed by atoms with van der Waals surface area (Å²) in [6.07, 6.45) is 13.1. The summed E-state index contributed by atoms with van der Waals surface area (Å²) in [5.74, 6) is 0. The summed E-state index contributed by atoms with van der Waals surface area (Å²) in [6.45, 7) is 12.1. The van der Waals surface area contributed by atoms with Gasteiger partial charge in [0.15, 0.2) is 7.28 Å². The van der Waals surface area contributed by atoms with Crippen molar-refractivity contribution in [1.82, 2.24) is 0 Å². The second-order valence-electron chi connectivity index (χ2n) is 5.15. The normalized spacial score (nSPS) is 15.0. The molecule has 0 bridgehead atoms. The van der Waals surface area contributed by atoms with Crippen LogP contribution in [0.1, 0.15) is 31.4 Å². The smallest absolute Gasteiger partial charge is 0.0991 e. The summed E-state index contributed by atoms with van der Waals surface area (Å²) in [5.41, 5.74) is 7.51.